The number of aryl methyl sites for hydroxylation is 2. The smallest absolute Gasteiger partial charge is 0.271 e. The van der Waals surface area contributed by atoms with E-state index in [9.17, 15) is 9.59 Å². The number of rotatable bonds is 6. The van der Waals surface area contributed by atoms with Crippen molar-refractivity contribution in [1.82, 2.24) is 15.1 Å². The molecule has 0 aliphatic carbocycles. The minimum atomic E-state index is -0.272. The van der Waals surface area contributed by atoms with Gasteiger partial charge >= 0.3 is 0 Å². The van der Waals surface area contributed by atoms with Crippen molar-refractivity contribution in [3.05, 3.63) is 63.6 Å². The summed E-state index contributed by atoms with van der Waals surface area (Å²) in [6.07, 6.45) is 1.83. The number of carbonyl (C=O) groups excluding carboxylic acids is 1. The maximum Gasteiger partial charge on any atom is 0.271 e. The lowest BCUT2D eigenvalue weighted by Gasteiger charge is -2.08. The third-order valence-electron chi connectivity index (χ3n) is 3.40. The lowest BCUT2D eigenvalue weighted by Crippen LogP contribution is -2.29. The van der Waals surface area contributed by atoms with E-state index in [0.717, 1.165) is 18.4 Å². The normalized spacial score (nSPS) is 10.5. The maximum atomic E-state index is 12.1. The van der Waals surface area contributed by atoms with Gasteiger partial charge < -0.3 is 5.32 Å². The highest BCUT2D eigenvalue weighted by atomic mass is 16.2. The Kier molecular flexibility index (Phi) is 5.47. The Morgan fingerprint density at radius 2 is 1.91 bits per heavy atom. The van der Waals surface area contributed by atoms with Crippen LogP contribution in [0.1, 0.15) is 41.4 Å². The van der Waals surface area contributed by atoms with E-state index in [2.05, 4.69) is 10.4 Å². The molecule has 2 aromatic rings. The van der Waals surface area contributed by atoms with Gasteiger partial charge in [0.2, 0.25) is 0 Å². The van der Waals surface area contributed by atoms with E-state index in [1.165, 1.54) is 22.4 Å². The average molecular weight is 299 g/mol. The molecule has 1 aromatic carbocycles. The highest BCUT2D eigenvalue weighted by molar-refractivity contribution is 5.91. The third-order valence-corrected chi connectivity index (χ3v) is 3.40. The Morgan fingerprint density at radius 1 is 1.18 bits per heavy atom. The van der Waals surface area contributed by atoms with Crippen molar-refractivity contribution in [3.8, 4) is 0 Å². The zero-order valence-corrected chi connectivity index (χ0v) is 13.0. The van der Waals surface area contributed by atoms with Gasteiger partial charge in [0.15, 0.2) is 0 Å². The molecule has 0 fully saturated rings. The molecule has 0 saturated heterocycles. The number of nitrogens with zero attached hydrogens (tertiary/aromatic N) is 2. The second kappa shape index (κ2) is 7.54. The summed E-state index contributed by atoms with van der Waals surface area (Å²) in [7, 11) is 0. The zero-order valence-electron chi connectivity index (χ0n) is 13.0. The minimum absolute atomic E-state index is 0.177. The molecule has 0 radical (unpaired) electrons. The predicted octanol–water partition coefficient (Wildman–Crippen LogP) is 2.28. The number of aromatic nitrogens is 2. The van der Waals surface area contributed by atoms with E-state index < -0.39 is 0 Å². The van der Waals surface area contributed by atoms with E-state index in [0.29, 0.717) is 13.1 Å². The van der Waals surface area contributed by atoms with Crippen LogP contribution in [-0.2, 0) is 13.1 Å². The van der Waals surface area contributed by atoms with Crippen LogP contribution in [0.15, 0.2) is 41.2 Å². The van der Waals surface area contributed by atoms with Crippen LogP contribution in [0.2, 0.25) is 0 Å². The zero-order chi connectivity index (χ0) is 15.9. The fraction of sp³-hybridized carbons (Fsp3) is 0.353. The summed E-state index contributed by atoms with van der Waals surface area (Å²) in [6.45, 7) is 5.04. The second-order valence-corrected chi connectivity index (χ2v) is 5.30. The van der Waals surface area contributed by atoms with Crippen LogP contribution in [0.3, 0.4) is 0 Å². The van der Waals surface area contributed by atoms with Crippen LogP contribution < -0.4 is 10.9 Å². The van der Waals surface area contributed by atoms with Gasteiger partial charge in [-0.1, -0.05) is 43.2 Å². The van der Waals surface area contributed by atoms with Crippen molar-refractivity contribution in [2.75, 3.05) is 0 Å². The molecule has 1 heterocycles. The molecule has 1 N–H and O–H groups in total. The molecule has 0 unspecified atom stereocenters. The number of nitrogens with one attached hydrogen (secondary N) is 1. The molecule has 1 aromatic heterocycles. The van der Waals surface area contributed by atoms with Gasteiger partial charge in [0.1, 0.15) is 5.69 Å². The van der Waals surface area contributed by atoms with Gasteiger partial charge in [0, 0.05) is 19.2 Å². The molecular weight excluding hydrogens is 278 g/mol. The number of benzene rings is 1. The molecule has 1 amide bonds. The van der Waals surface area contributed by atoms with E-state index in [-0.39, 0.29) is 17.2 Å². The van der Waals surface area contributed by atoms with Gasteiger partial charge in [0.05, 0.1) is 0 Å². The highest BCUT2D eigenvalue weighted by Gasteiger charge is 2.09. The molecule has 0 saturated carbocycles. The molecule has 0 spiro atoms. The largest absolute Gasteiger partial charge is 0.347 e. The lowest BCUT2D eigenvalue weighted by atomic mass is 10.1. The van der Waals surface area contributed by atoms with Crippen LogP contribution in [-0.4, -0.2) is 15.7 Å². The molecule has 2 rings (SSSR count). The van der Waals surface area contributed by atoms with E-state index in [1.54, 1.807) is 0 Å². The molecule has 0 bridgehead atoms. The standard InChI is InChI=1S/C17H21N3O2/c1-3-4-11-20-16(21)10-9-15(19-20)17(22)18-12-14-7-5-13(2)6-8-14/h5-10H,3-4,11-12H2,1-2H3,(H,18,22). The van der Waals surface area contributed by atoms with Crippen molar-refractivity contribution in [2.24, 2.45) is 0 Å². The highest BCUT2D eigenvalue weighted by Crippen LogP contribution is 2.03. The molecule has 0 aliphatic heterocycles. The third kappa shape index (κ3) is 4.28. The van der Waals surface area contributed by atoms with E-state index in [4.69, 9.17) is 0 Å². The van der Waals surface area contributed by atoms with Crippen LogP contribution in [0.5, 0.6) is 0 Å². The summed E-state index contributed by atoms with van der Waals surface area (Å²) in [5.41, 5.74) is 2.30. The monoisotopic (exact) mass is 299 g/mol. The first kappa shape index (κ1) is 15.9. The number of carbonyl (C=O) groups is 1. The van der Waals surface area contributed by atoms with Crippen LogP contribution in [0, 0.1) is 6.92 Å². The Morgan fingerprint density at radius 3 is 2.59 bits per heavy atom. The second-order valence-electron chi connectivity index (χ2n) is 5.30. The number of unbranched alkanes of at least 4 members (excludes halogenated alkanes) is 1. The lowest BCUT2D eigenvalue weighted by molar-refractivity contribution is 0.0943. The van der Waals surface area contributed by atoms with Crippen molar-refractivity contribution < 1.29 is 4.79 Å². The van der Waals surface area contributed by atoms with Gasteiger partial charge in [-0.05, 0) is 25.0 Å². The summed E-state index contributed by atoms with van der Waals surface area (Å²) >= 11 is 0. The Balaban J connectivity index is 2.02. The molecule has 5 heteroatoms. The van der Waals surface area contributed by atoms with Crippen molar-refractivity contribution in [1.29, 1.82) is 0 Å². The summed E-state index contributed by atoms with van der Waals surface area (Å²) in [5, 5.41) is 6.95. The van der Waals surface area contributed by atoms with Crippen LogP contribution in [0.25, 0.3) is 0 Å². The fourth-order valence-electron chi connectivity index (χ4n) is 2.02. The van der Waals surface area contributed by atoms with Gasteiger partial charge in [0.25, 0.3) is 11.5 Å². The summed E-state index contributed by atoms with van der Waals surface area (Å²) < 4.78 is 1.35. The summed E-state index contributed by atoms with van der Waals surface area (Å²) in [4.78, 5) is 23.8. The number of hydrogen-bond acceptors (Lipinski definition) is 3. The van der Waals surface area contributed by atoms with Gasteiger partial charge in [-0.25, -0.2) is 4.68 Å². The first-order valence-electron chi connectivity index (χ1n) is 7.52. The molecule has 5 nitrogen and oxygen atoms in total. The summed E-state index contributed by atoms with van der Waals surface area (Å²) in [5.74, 6) is -0.272. The quantitative estimate of drug-likeness (QED) is 0.890. The Labute approximate surface area is 130 Å². The molecule has 116 valence electrons. The topological polar surface area (TPSA) is 64.0 Å². The van der Waals surface area contributed by atoms with E-state index in [1.807, 2.05) is 38.1 Å². The average Bonchev–Trinajstić information content (AvgIpc) is 2.53. The maximum absolute atomic E-state index is 12.1. The molecular formula is C17H21N3O2. The van der Waals surface area contributed by atoms with Gasteiger partial charge in [-0.3, -0.25) is 9.59 Å². The first-order valence-corrected chi connectivity index (χ1v) is 7.52. The van der Waals surface area contributed by atoms with E-state index >= 15 is 0 Å². The van der Waals surface area contributed by atoms with Crippen molar-refractivity contribution >= 4 is 5.91 Å². The fourth-order valence-corrected chi connectivity index (χ4v) is 2.02. The Bertz CT molecular complexity index is 690. The van der Waals surface area contributed by atoms with Gasteiger partial charge in [-0.15, -0.1) is 0 Å². The predicted molar refractivity (Wildman–Crippen MR) is 85.8 cm³/mol. The number of amides is 1. The molecule has 22 heavy (non-hydrogen) atoms. The van der Waals surface area contributed by atoms with Gasteiger partial charge in [-0.2, -0.15) is 5.10 Å². The summed E-state index contributed by atoms with van der Waals surface area (Å²) in [6, 6.07) is 10.8. The molecule has 0 aliphatic rings. The minimum Gasteiger partial charge on any atom is -0.347 e. The van der Waals surface area contributed by atoms with Crippen LogP contribution >= 0.6 is 0 Å². The SMILES string of the molecule is CCCCn1nc(C(=O)NCc2ccc(C)cc2)ccc1=O. The first-order chi connectivity index (χ1) is 10.6. The van der Waals surface area contributed by atoms with Crippen molar-refractivity contribution in [2.45, 2.75) is 39.8 Å². The van der Waals surface area contributed by atoms with Crippen LogP contribution in [0.4, 0.5) is 0 Å². The van der Waals surface area contributed by atoms with Crippen molar-refractivity contribution in [3.63, 3.8) is 0 Å². The molecule has 0 atom stereocenters. The Hall–Kier alpha value is -2.43. The number of hydrogen-bond donors (Lipinski definition) is 1.